The van der Waals surface area contributed by atoms with Crippen molar-refractivity contribution in [3.05, 3.63) is 35.4 Å². The maximum absolute atomic E-state index is 12.0. The van der Waals surface area contributed by atoms with E-state index in [1.807, 2.05) is 12.1 Å². The van der Waals surface area contributed by atoms with Crippen LogP contribution in [-0.4, -0.2) is 17.9 Å². The molecule has 1 rings (SSSR count). The van der Waals surface area contributed by atoms with Crippen LogP contribution in [0.4, 0.5) is 0 Å². The quantitative estimate of drug-likeness (QED) is 0.817. The predicted octanol–water partition coefficient (Wildman–Crippen LogP) is 0.692. The maximum atomic E-state index is 12.0. The molecule has 102 valence electrons. The van der Waals surface area contributed by atoms with Gasteiger partial charge >= 0.3 is 0 Å². The van der Waals surface area contributed by atoms with Gasteiger partial charge in [0.15, 0.2) is 0 Å². The summed E-state index contributed by atoms with van der Waals surface area (Å²) in [4.78, 5) is 23.3. The van der Waals surface area contributed by atoms with Crippen LogP contribution in [-0.2, 0) is 4.79 Å². The number of hydrogen-bond donors (Lipinski definition) is 2. The summed E-state index contributed by atoms with van der Waals surface area (Å²) in [5.74, 6) is -1.53. The summed E-state index contributed by atoms with van der Waals surface area (Å²) in [5.41, 5.74) is 5.99. The number of carbonyl (C=O) groups is 2. The smallest absolute Gasteiger partial charge is 0.251 e. The van der Waals surface area contributed by atoms with Crippen molar-refractivity contribution < 1.29 is 9.59 Å². The number of hydrogen-bond acceptors (Lipinski definition) is 4. The minimum atomic E-state index is -0.905. The lowest BCUT2D eigenvalue weighted by Crippen LogP contribution is -2.48. The summed E-state index contributed by atoms with van der Waals surface area (Å²) >= 11 is 0. The molecule has 0 aliphatic carbocycles. The molecule has 3 N–H and O–H groups in total. The van der Waals surface area contributed by atoms with Gasteiger partial charge < -0.3 is 11.1 Å². The lowest BCUT2D eigenvalue weighted by molar-refractivity contribution is -0.120. The van der Waals surface area contributed by atoms with Gasteiger partial charge in [0.05, 0.1) is 17.7 Å². The van der Waals surface area contributed by atoms with Gasteiger partial charge in [-0.05, 0) is 30.2 Å². The van der Waals surface area contributed by atoms with Gasteiger partial charge in [-0.15, -0.1) is 0 Å². The zero-order valence-corrected chi connectivity index (χ0v) is 11.0. The number of nitrogens with one attached hydrogen (secondary N) is 1. The second-order valence-corrected chi connectivity index (χ2v) is 4.38. The van der Waals surface area contributed by atoms with Crippen molar-refractivity contribution >= 4 is 11.8 Å². The summed E-state index contributed by atoms with van der Waals surface area (Å²) in [5, 5.41) is 19.8. The molecule has 0 unspecified atom stereocenters. The zero-order chi connectivity index (χ0) is 15.1. The Hall–Kier alpha value is -2.86. The minimum Gasteiger partial charge on any atom is -0.368 e. The lowest BCUT2D eigenvalue weighted by atomic mass is 9.98. The molecule has 20 heavy (non-hydrogen) atoms. The Labute approximate surface area is 116 Å². The Morgan fingerprint density at radius 2 is 1.90 bits per heavy atom. The first-order chi connectivity index (χ1) is 9.49. The molecule has 2 atom stereocenters. The molecular formula is C14H14N4O2. The average Bonchev–Trinajstić information content (AvgIpc) is 2.44. The topological polar surface area (TPSA) is 120 Å². The number of primary amides is 1. The van der Waals surface area contributed by atoms with Gasteiger partial charge in [0, 0.05) is 12.0 Å². The number of nitriles is 2. The fraction of sp³-hybridized carbons (Fsp3) is 0.286. The van der Waals surface area contributed by atoms with Crippen LogP contribution in [0.2, 0.25) is 0 Å². The molecule has 0 heterocycles. The molecule has 0 saturated carbocycles. The molecular weight excluding hydrogens is 256 g/mol. The molecule has 0 spiro atoms. The van der Waals surface area contributed by atoms with Gasteiger partial charge in [0.2, 0.25) is 5.91 Å². The van der Waals surface area contributed by atoms with E-state index in [4.69, 9.17) is 16.3 Å². The van der Waals surface area contributed by atoms with Crippen LogP contribution in [0.15, 0.2) is 24.3 Å². The zero-order valence-electron chi connectivity index (χ0n) is 11.0. The van der Waals surface area contributed by atoms with Crippen molar-refractivity contribution in [2.24, 2.45) is 11.7 Å². The summed E-state index contributed by atoms with van der Waals surface area (Å²) in [6.07, 6.45) is 0.112. The van der Waals surface area contributed by atoms with Gasteiger partial charge in [0.25, 0.3) is 5.91 Å². The van der Waals surface area contributed by atoms with E-state index in [1.165, 1.54) is 24.3 Å². The largest absolute Gasteiger partial charge is 0.368 e. The molecule has 0 aliphatic heterocycles. The summed E-state index contributed by atoms with van der Waals surface area (Å²) < 4.78 is 0. The van der Waals surface area contributed by atoms with Crippen molar-refractivity contribution in [2.45, 2.75) is 19.4 Å². The second-order valence-electron chi connectivity index (χ2n) is 4.38. The van der Waals surface area contributed by atoms with Crippen LogP contribution in [0.3, 0.4) is 0 Å². The standard InChI is InChI=1S/C14H14N4O2/c1-9(6-7-15)12(13(17)19)18-14(20)11-4-2-10(8-16)3-5-11/h2-5,9,12H,6H2,1H3,(H2,17,19)(H,18,20)/t9-,12+/m0/s1. The molecule has 0 fully saturated rings. The first-order valence-corrected chi connectivity index (χ1v) is 5.97. The van der Waals surface area contributed by atoms with Crippen LogP contribution in [0.1, 0.15) is 29.3 Å². The van der Waals surface area contributed by atoms with Gasteiger partial charge in [-0.25, -0.2) is 0 Å². The third kappa shape index (κ3) is 3.82. The molecule has 6 heteroatoms. The number of nitrogens with zero attached hydrogens (tertiary/aromatic N) is 2. The van der Waals surface area contributed by atoms with Crippen LogP contribution >= 0.6 is 0 Å². The van der Waals surface area contributed by atoms with E-state index in [-0.39, 0.29) is 12.3 Å². The third-order valence-electron chi connectivity index (χ3n) is 2.85. The number of carbonyl (C=O) groups excluding carboxylic acids is 2. The van der Waals surface area contributed by atoms with Crippen LogP contribution in [0, 0.1) is 28.6 Å². The Balaban J connectivity index is 2.83. The summed E-state index contributed by atoms with van der Waals surface area (Å²) in [6, 6.07) is 8.96. The first kappa shape index (κ1) is 15.2. The van der Waals surface area contributed by atoms with E-state index in [9.17, 15) is 9.59 Å². The Morgan fingerprint density at radius 1 is 1.30 bits per heavy atom. The maximum Gasteiger partial charge on any atom is 0.251 e. The highest BCUT2D eigenvalue weighted by atomic mass is 16.2. The highest BCUT2D eigenvalue weighted by Crippen LogP contribution is 2.09. The minimum absolute atomic E-state index is 0.112. The highest BCUT2D eigenvalue weighted by Gasteiger charge is 2.25. The molecule has 0 aliphatic rings. The fourth-order valence-corrected chi connectivity index (χ4v) is 1.68. The van der Waals surface area contributed by atoms with E-state index >= 15 is 0 Å². The Morgan fingerprint density at radius 3 is 2.35 bits per heavy atom. The molecule has 1 aromatic rings. The molecule has 0 radical (unpaired) electrons. The van der Waals surface area contributed by atoms with Crippen molar-refractivity contribution in [1.82, 2.24) is 5.32 Å². The Bertz CT molecular complexity index is 581. The van der Waals surface area contributed by atoms with Crippen molar-refractivity contribution in [2.75, 3.05) is 0 Å². The number of rotatable bonds is 5. The van der Waals surface area contributed by atoms with E-state index in [0.29, 0.717) is 11.1 Å². The SMILES string of the molecule is C[C@@H](CC#N)[C@@H](NC(=O)c1ccc(C#N)cc1)C(N)=O. The fourth-order valence-electron chi connectivity index (χ4n) is 1.68. The highest BCUT2D eigenvalue weighted by molar-refractivity contribution is 5.97. The number of amides is 2. The molecule has 0 saturated heterocycles. The molecule has 0 aromatic heterocycles. The van der Waals surface area contributed by atoms with E-state index in [2.05, 4.69) is 5.32 Å². The van der Waals surface area contributed by atoms with E-state index < -0.39 is 17.9 Å². The third-order valence-corrected chi connectivity index (χ3v) is 2.85. The van der Waals surface area contributed by atoms with E-state index in [1.54, 1.807) is 6.92 Å². The molecule has 6 nitrogen and oxygen atoms in total. The number of nitrogens with two attached hydrogens (primary N) is 1. The Kier molecular flexibility index (Phi) is 5.25. The van der Waals surface area contributed by atoms with Crippen LogP contribution < -0.4 is 11.1 Å². The van der Waals surface area contributed by atoms with Crippen molar-refractivity contribution in [3.8, 4) is 12.1 Å². The van der Waals surface area contributed by atoms with Crippen LogP contribution in [0.5, 0.6) is 0 Å². The number of benzene rings is 1. The normalized spacial score (nSPS) is 12.6. The van der Waals surface area contributed by atoms with Crippen molar-refractivity contribution in [3.63, 3.8) is 0 Å². The van der Waals surface area contributed by atoms with Crippen LogP contribution in [0.25, 0.3) is 0 Å². The average molecular weight is 270 g/mol. The van der Waals surface area contributed by atoms with Gasteiger partial charge in [-0.1, -0.05) is 6.92 Å². The molecule has 1 aromatic carbocycles. The van der Waals surface area contributed by atoms with Gasteiger partial charge in [0.1, 0.15) is 6.04 Å². The first-order valence-electron chi connectivity index (χ1n) is 5.97. The monoisotopic (exact) mass is 270 g/mol. The summed E-state index contributed by atoms with van der Waals surface area (Å²) in [7, 11) is 0. The molecule has 2 amide bonds. The van der Waals surface area contributed by atoms with Gasteiger partial charge in [-0.2, -0.15) is 10.5 Å². The van der Waals surface area contributed by atoms with Crippen molar-refractivity contribution in [1.29, 1.82) is 10.5 Å². The van der Waals surface area contributed by atoms with E-state index in [0.717, 1.165) is 0 Å². The lowest BCUT2D eigenvalue weighted by Gasteiger charge is -2.20. The predicted molar refractivity (Wildman–Crippen MR) is 71.0 cm³/mol. The molecule has 0 bridgehead atoms. The second kappa shape index (κ2) is 6.91. The van der Waals surface area contributed by atoms with Gasteiger partial charge in [-0.3, -0.25) is 9.59 Å². The summed E-state index contributed by atoms with van der Waals surface area (Å²) in [6.45, 7) is 1.66.